The van der Waals surface area contributed by atoms with Gasteiger partial charge in [0.15, 0.2) is 0 Å². The summed E-state index contributed by atoms with van der Waals surface area (Å²) < 4.78 is 0.859. The molecule has 0 spiro atoms. The Morgan fingerprint density at radius 3 is 2.76 bits per heavy atom. The summed E-state index contributed by atoms with van der Waals surface area (Å²) in [5.74, 6) is -0.424. The molecule has 2 atom stereocenters. The summed E-state index contributed by atoms with van der Waals surface area (Å²) in [6.45, 7) is 2.71. The Bertz CT molecular complexity index is 865. The van der Waals surface area contributed by atoms with Crippen molar-refractivity contribution in [3.63, 3.8) is 0 Å². The molecule has 2 aromatic carbocycles. The third kappa shape index (κ3) is 3.09. The number of rotatable bonds is 3. The van der Waals surface area contributed by atoms with Gasteiger partial charge in [-0.2, -0.15) is 0 Å². The van der Waals surface area contributed by atoms with Crippen LogP contribution in [0.4, 0.5) is 11.4 Å². The van der Waals surface area contributed by atoms with Crippen molar-refractivity contribution < 1.29 is 9.59 Å². The van der Waals surface area contributed by atoms with Gasteiger partial charge in [0.2, 0.25) is 11.8 Å². The molecule has 1 heterocycles. The maximum Gasteiger partial charge on any atom is 0.230 e. The Morgan fingerprint density at radius 2 is 1.96 bits per heavy atom. The smallest absolute Gasteiger partial charge is 0.230 e. The predicted molar refractivity (Wildman–Crippen MR) is 102 cm³/mol. The van der Waals surface area contributed by atoms with Crippen LogP contribution in [0.2, 0.25) is 0 Å². The topological polar surface area (TPSA) is 49.4 Å². The molecule has 128 valence electrons. The third-order valence-corrected chi connectivity index (χ3v) is 5.64. The Morgan fingerprint density at radius 1 is 1.16 bits per heavy atom. The average molecular weight is 399 g/mol. The van der Waals surface area contributed by atoms with E-state index in [-0.39, 0.29) is 23.7 Å². The van der Waals surface area contributed by atoms with Crippen molar-refractivity contribution in [3.05, 3.63) is 58.1 Å². The van der Waals surface area contributed by atoms with Gasteiger partial charge in [-0.1, -0.05) is 24.3 Å². The van der Waals surface area contributed by atoms with Crippen LogP contribution in [0.25, 0.3) is 0 Å². The molecule has 0 aromatic heterocycles. The van der Waals surface area contributed by atoms with Crippen LogP contribution in [-0.4, -0.2) is 18.4 Å². The summed E-state index contributed by atoms with van der Waals surface area (Å²) >= 11 is 3.47. The van der Waals surface area contributed by atoms with Gasteiger partial charge >= 0.3 is 0 Å². The fraction of sp³-hybridized carbons (Fsp3) is 0.300. The number of nitrogens with zero attached hydrogens (tertiary/aromatic N) is 1. The largest absolute Gasteiger partial charge is 0.325 e. The van der Waals surface area contributed by atoms with Crippen LogP contribution in [0.5, 0.6) is 0 Å². The highest BCUT2D eigenvalue weighted by molar-refractivity contribution is 9.10. The molecular weight excluding hydrogens is 380 g/mol. The second kappa shape index (κ2) is 6.30. The summed E-state index contributed by atoms with van der Waals surface area (Å²) in [5.41, 5.74) is 4.08. The van der Waals surface area contributed by atoms with Crippen molar-refractivity contribution in [2.75, 3.05) is 16.8 Å². The summed E-state index contributed by atoms with van der Waals surface area (Å²) in [5, 5.41) is 2.94. The van der Waals surface area contributed by atoms with Gasteiger partial charge in [0, 0.05) is 16.7 Å². The van der Waals surface area contributed by atoms with Crippen molar-refractivity contribution in [3.8, 4) is 0 Å². The van der Waals surface area contributed by atoms with Gasteiger partial charge in [-0.25, -0.2) is 0 Å². The molecule has 1 aliphatic heterocycles. The number of carbonyl (C=O) groups is 2. The summed E-state index contributed by atoms with van der Waals surface area (Å²) in [4.78, 5) is 27.1. The minimum absolute atomic E-state index is 0.0737. The first-order valence-corrected chi connectivity index (χ1v) is 9.30. The van der Waals surface area contributed by atoms with Crippen LogP contribution in [0.1, 0.15) is 17.5 Å². The number of fused-ring (bicyclic) bond motifs is 1. The van der Waals surface area contributed by atoms with Crippen molar-refractivity contribution in [1.82, 2.24) is 0 Å². The lowest BCUT2D eigenvalue weighted by Crippen LogP contribution is -2.32. The van der Waals surface area contributed by atoms with E-state index in [0.717, 1.165) is 27.8 Å². The lowest BCUT2D eigenvalue weighted by Gasteiger charge is -2.17. The quantitative estimate of drug-likeness (QED) is 0.851. The molecule has 0 bridgehead atoms. The number of para-hydroxylation sites is 1. The lowest BCUT2D eigenvalue weighted by atomic mass is 10.2. The molecule has 0 radical (unpaired) electrons. The molecular formula is C20H19BrN2O2. The van der Waals surface area contributed by atoms with Crippen molar-refractivity contribution in [2.24, 2.45) is 11.8 Å². The minimum Gasteiger partial charge on any atom is -0.325 e. The molecule has 1 saturated carbocycles. The molecule has 0 saturated heterocycles. The molecule has 1 N–H and O–H groups in total. The molecule has 2 aliphatic rings. The normalized spacial score (nSPS) is 21.0. The van der Waals surface area contributed by atoms with Gasteiger partial charge in [-0.3, -0.25) is 9.59 Å². The molecule has 5 heteroatoms. The van der Waals surface area contributed by atoms with Gasteiger partial charge < -0.3 is 10.2 Å². The highest BCUT2D eigenvalue weighted by Gasteiger charge is 2.50. The van der Waals surface area contributed by atoms with E-state index in [2.05, 4.69) is 27.3 Å². The highest BCUT2D eigenvalue weighted by atomic mass is 79.9. The van der Waals surface area contributed by atoms with Crippen LogP contribution in [0, 0.1) is 18.8 Å². The number of benzene rings is 2. The number of anilines is 2. The van der Waals surface area contributed by atoms with E-state index in [1.807, 2.05) is 48.2 Å². The van der Waals surface area contributed by atoms with Crippen LogP contribution < -0.4 is 10.2 Å². The summed E-state index contributed by atoms with van der Waals surface area (Å²) in [7, 11) is 0. The van der Waals surface area contributed by atoms with Gasteiger partial charge in [-0.05, 0) is 65.0 Å². The number of halogens is 1. The zero-order valence-electron chi connectivity index (χ0n) is 14.0. The second-order valence-electron chi connectivity index (χ2n) is 6.79. The van der Waals surface area contributed by atoms with Gasteiger partial charge in [0.05, 0.1) is 17.5 Å². The van der Waals surface area contributed by atoms with E-state index in [4.69, 9.17) is 0 Å². The minimum atomic E-state index is -0.228. The van der Waals surface area contributed by atoms with Crippen molar-refractivity contribution in [2.45, 2.75) is 19.8 Å². The fourth-order valence-corrected chi connectivity index (χ4v) is 4.06. The van der Waals surface area contributed by atoms with Crippen molar-refractivity contribution in [1.29, 1.82) is 0 Å². The zero-order valence-corrected chi connectivity index (χ0v) is 15.5. The Hall–Kier alpha value is -2.14. The van der Waals surface area contributed by atoms with Gasteiger partial charge in [-0.15, -0.1) is 0 Å². The molecule has 2 aromatic rings. The van der Waals surface area contributed by atoms with E-state index >= 15 is 0 Å². The number of hydrogen-bond donors (Lipinski definition) is 1. The first kappa shape index (κ1) is 16.3. The van der Waals surface area contributed by atoms with Crippen molar-refractivity contribution >= 4 is 39.1 Å². The molecule has 4 rings (SSSR count). The standard InChI is InChI=1S/C20H19BrN2O2/c1-12-6-7-17(16(21)10-12)22-19(24)14-11-15(14)20(25)23-9-8-13-4-2-3-5-18(13)23/h2-7,10,14-15H,8-9,11H2,1H3,(H,22,24). The summed E-state index contributed by atoms with van der Waals surface area (Å²) in [6, 6.07) is 13.8. The van der Waals surface area contributed by atoms with Crippen LogP contribution in [-0.2, 0) is 16.0 Å². The highest BCUT2D eigenvalue weighted by Crippen LogP contribution is 2.43. The molecule has 2 amide bonds. The van der Waals surface area contributed by atoms with E-state index in [1.165, 1.54) is 5.56 Å². The predicted octanol–water partition coefficient (Wildman–Crippen LogP) is 3.92. The number of nitrogens with one attached hydrogen (secondary N) is 1. The third-order valence-electron chi connectivity index (χ3n) is 4.98. The Balaban J connectivity index is 1.42. The van der Waals surface area contributed by atoms with Crippen LogP contribution in [0.15, 0.2) is 46.9 Å². The zero-order chi connectivity index (χ0) is 17.6. The number of hydrogen-bond acceptors (Lipinski definition) is 2. The first-order valence-electron chi connectivity index (χ1n) is 8.51. The maximum absolute atomic E-state index is 12.8. The first-order chi connectivity index (χ1) is 12.0. The fourth-order valence-electron chi connectivity index (χ4n) is 3.47. The van der Waals surface area contributed by atoms with Crippen LogP contribution in [0.3, 0.4) is 0 Å². The second-order valence-corrected chi connectivity index (χ2v) is 7.64. The molecule has 1 aliphatic carbocycles. The van der Waals surface area contributed by atoms with Gasteiger partial charge in [0.1, 0.15) is 0 Å². The lowest BCUT2D eigenvalue weighted by molar-refractivity contribution is -0.123. The SMILES string of the molecule is Cc1ccc(NC(=O)C2CC2C(=O)N2CCc3ccccc32)c(Br)c1. The molecule has 4 nitrogen and oxygen atoms in total. The maximum atomic E-state index is 12.8. The Labute approximate surface area is 155 Å². The molecule has 25 heavy (non-hydrogen) atoms. The van der Waals surface area contributed by atoms with E-state index < -0.39 is 0 Å². The monoisotopic (exact) mass is 398 g/mol. The molecule has 1 fully saturated rings. The number of amides is 2. The average Bonchev–Trinajstić information content (AvgIpc) is 3.29. The van der Waals surface area contributed by atoms with E-state index in [1.54, 1.807) is 0 Å². The number of carbonyl (C=O) groups excluding carboxylic acids is 2. The Kier molecular flexibility index (Phi) is 4.12. The van der Waals surface area contributed by atoms with Gasteiger partial charge in [0.25, 0.3) is 0 Å². The summed E-state index contributed by atoms with van der Waals surface area (Å²) in [6.07, 6.45) is 1.52. The molecule has 2 unspecified atom stereocenters. The van der Waals surface area contributed by atoms with Crippen LogP contribution >= 0.6 is 15.9 Å². The number of aryl methyl sites for hydroxylation is 1. The van der Waals surface area contributed by atoms with E-state index in [9.17, 15) is 9.59 Å². The van der Waals surface area contributed by atoms with E-state index in [0.29, 0.717) is 13.0 Å².